The van der Waals surface area contributed by atoms with Crippen molar-refractivity contribution in [3.8, 4) is 28.4 Å². The first kappa shape index (κ1) is 30.0. The number of rotatable bonds is 12. The van der Waals surface area contributed by atoms with E-state index in [1.54, 1.807) is 27.0 Å². The number of fused-ring (bicyclic) bond motifs is 1. The van der Waals surface area contributed by atoms with Crippen LogP contribution in [0.4, 0.5) is 19.0 Å². The fourth-order valence-electron chi connectivity index (χ4n) is 4.30. The summed E-state index contributed by atoms with van der Waals surface area (Å²) in [5, 5.41) is 20.6. The standard InChI is InChI=1S/C30H32F3N5O5/c1-16(30(2,3)40)42-24-15-38-27(37-26(24)34-13-17-8-6-5-7-9-17)19(14-35-38)18-10-22(41-4)25(23(11-18)43-29(32)33)28(39)36-21-12-20(21)31/h5-11,14-16,20-21,29,40H,12-13H2,1-4H3,(H,34,37)(H,36,39)/t16?,20-,21+/m0/s1. The van der Waals surface area contributed by atoms with Crippen molar-refractivity contribution in [3.05, 3.63) is 66.0 Å². The van der Waals surface area contributed by atoms with Crippen LogP contribution in [0.5, 0.6) is 17.2 Å². The molecule has 1 aliphatic carbocycles. The van der Waals surface area contributed by atoms with Gasteiger partial charge in [-0.1, -0.05) is 30.3 Å². The van der Waals surface area contributed by atoms with Gasteiger partial charge in [0.15, 0.2) is 17.2 Å². The fourth-order valence-corrected chi connectivity index (χ4v) is 4.30. The first-order valence-corrected chi connectivity index (χ1v) is 13.6. The fraction of sp³-hybridized carbons (Fsp3) is 0.367. The predicted molar refractivity (Wildman–Crippen MR) is 153 cm³/mol. The van der Waals surface area contributed by atoms with Gasteiger partial charge in [-0.2, -0.15) is 13.9 Å². The van der Waals surface area contributed by atoms with Crippen LogP contribution in [0.25, 0.3) is 16.8 Å². The zero-order chi connectivity index (χ0) is 30.9. The maximum atomic E-state index is 13.5. The summed E-state index contributed by atoms with van der Waals surface area (Å²) in [5.41, 5.74) is 0.624. The number of amides is 1. The highest BCUT2D eigenvalue weighted by Gasteiger charge is 2.40. The number of nitrogens with one attached hydrogen (secondary N) is 2. The SMILES string of the molecule is COc1cc(-c2cnn3cc(OC(C)C(C)(C)O)c(NCc4ccccc4)nc23)cc(OC(F)F)c1C(=O)N[C@@H]1C[C@@H]1F. The number of aromatic nitrogens is 3. The molecule has 4 aromatic rings. The number of alkyl halides is 3. The zero-order valence-electron chi connectivity index (χ0n) is 24.0. The maximum absolute atomic E-state index is 13.5. The molecule has 1 aliphatic rings. The van der Waals surface area contributed by atoms with Crippen molar-refractivity contribution < 1.29 is 37.3 Å². The molecular weight excluding hydrogens is 567 g/mol. The number of nitrogens with zero attached hydrogens (tertiary/aromatic N) is 3. The number of carbonyl (C=O) groups excluding carboxylic acids is 1. The Morgan fingerprint density at radius 3 is 2.49 bits per heavy atom. The number of hydrogen-bond acceptors (Lipinski definition) is 8. The summed E-state index contributed by atoms with van der Waals surface area (Å²) in [7, 11) is 1.28. The van der Waals surface area contributed by atoms with Gasteiger partial charge in [0.25, 0.3) is 5.91 Å². The average Bonchev–Trinajstić information content (AvgIpc) is 3.49. The number of anilines is 1. The first-order valence-electron chi connectivity index (χ1n) is 13.6. The summed E-state index contributed by atoms with van der Waals surface area (Å²) in [6.45, 7) is 2.15. The molecule has 1 amide bonds. The van der Waals surface area contributed by atoms with E-state index >= 15 is 0 Å². The van der Waals surface area contributed by atoms with Gasteiger partial charge in [-0.15, -0.1) is 0 Å². The summed E-state index contributed by atoms with van der Waals surface area (Å²) >= 11 is 0. The number of hydrogen-bond donors (Lipinski definition) is 3. The third-order valence-electron chi connectivity index (χ3n) is 7.13. The van der Waals surface area contributed by atoms with Gasteiger partial charge in [-0.05, 0) is 44.0 Å². The van der Waals surface area contributed by atoms with Crippen LogP contribution in [-0.4, -0.2) is 63.3 Å². The predicted octanol–water partition coefficient (Wildman–Crippen LogP) is 5.00. The summed E-state index contributed by atoms with van der Waals surface area (Å²) in [4.78, 5) is 17.7. The molecule has 1 fully saturated rings. The Morgan fingerprint density at radius 2 is 1.86 bits per heavy atom. The van der Waals surface area contributed by atoms with Crippen LogP contribution >= 0.6 is 0 Å². The van der Waals surface area contributed by atoms with Crippen LogP contribution < -0.4 is 24.8 Å². The smallest absolute Gasteiger partial charge is 0.387 e. The second-order valence-corrected chi connectivity index (χ2v) is 10.8. The van der Waals surface area contributed by atoms with Crippen LogP contribution in [0.3, 0.4) is 0 Å². The second kappa shape index (κ2) is 12.0. The molecule has 0 radical (unpaired) electrons. The van der Waals surface area contributed by atoms with Gasteiger partial charge in [0.05, 0.1) is 31.1 Å². The van der Waals surface area contributed by atoms with E-state index in [0.717, 1.165) is 5.56 Å². The van der Waals surface area contributed by atoms with Gasteiger partial charge in [-0.3, -0.25) is 4.79 Å². The van der Waals surface area contributed by atoms with Crippen LogP contribution in [0.15, 0.2) is 54.9 Å². The summed E-state index contributed by atoms with van der Waals surface area (Å²) in [6, 6.07) is 11.7. The number of carbonyl (C=O) groups is 1. The van der Waals surface area contributed by atoms with Crippen molar-refractivity contribution in [3.63, 3.8) is 0 Å². The van der Waals surface area contributed by atoms with E-state index in [1.807, 2.05) is 30.3 Å². The van der Waals surface area contributed by atoms with Crippen molar-refractivity contribution >= 4 is 17.4 Å². The molecule has 2 aromatic heterocycles. The largest absolute Gasteiger partial charge is 0.496 e. The van der Waals surface area contributed by atoms with Crippen LogP contribution in [0, 0.1) is 0 Å². The molecule has 0 bridgehead atoms. The lowest BCUT2D eigenvalue weighted by Gasteiger charge is -2.27. The van der Waals surface area contributed by atoms with Gasteiger partial charge in [-0.25, -0.2) is 13.9 Å². The number of aliphatic hydroxyl groups is 1. The van der Waals surface area contributed by atoms with E-state index in [2.05, 4.69) is 15.7 Å². The zero-order valence-corrected chi connectivity index (χ0v) is 24.0. The lowest BCUT2D eigenvalue weighted by Crippen LogP contribution is -2.38. The minimum Gasteiger partial charge on any atom is -0.496 e. The highest BCUT2D eigenvalue weighted by molar-refractivity contribution is 6.01. The highest BCUT2D eigenvalue weighted by Crippen LogP contribution is 2.39. The third-order valence-corrected chi connectivity index (χ3v) is 7.13. The Morgan fingerprint density at radius 1 is 1.16 bits per heavy atom. The van der Waals surface area contributed by atoms with E-state index < -0.39 is 42.2 Å². The van der Waals surface area contributed by atoms with Crippen LogP contribution in [-0.2, 0) is 6.54 Å². The van der Waals surface area contributed by atoms with Gasteiger partial charge < -0.3 is 30.0 Å². The quantitative estimate of drug-likeness (QED) is 0.208. The third kappa shape index (κ3) is 6.77. The average molecular weight is 600 g/mol. The molecule has 228 valence electrons. The van der Waals surface area contributed by atoms with E-state index in [1.165, 1.54) is 30.0 Å². The summed E-state index contributed by atoms with van der Waals surface area (Å²) in [6.07, 6.45) is 1.42. The van der Waals surface area contributed by atoms with Crippen molar-refractivity contribution in [2.75, 3.05) is 12.4 Å². The number of ether oxygens (including phenoxy) is 3. The Hall–Kier alpha value is -4.52. The molecule has 43 heavy (non-hydrogen) atoms. The van der Waals surface area contributed by atoms with E-state index in [-0.39, 0.29) is 17.7 Å². The number of halogens is 3. The molecule has 0 aliphatic heterocycles. The molecule has 10 nitrogen and oxygen atoms in total. The molecule has 1 unspecified atom stereocenters. The normalized spacial score (nSPS) is 17.0. The molecule has 13 heteroatoms. The van der Waals surface area contributed by atoms with Crippen molar-refractivity contribution in [1.82, 2.24) is 19.9 Å². The van der Waals surface area contributed by atoms with Gasteiger partial charge in [0.1, 0.15) is 29.3 Å². The molecule has 0 spiro atoms. The molecule has 1 saturated carbocycles. The first-order chi connectivity index (χ1) is 20.4. The maximum Gasteiger partial charge on any atom is 0.387 e. The lowest BCUT2D eigenvalue weighted by molar-refractivity contribution is -0.0502. The lowest BCUT2D eigenvalue weighted by atomic mass is 10.0. The molecular formula is C30H32F3N5O5. The molecule has 2 aromatic carbocycles. The molecule has 5 rings (SSSR count). The Kier molecular flexibility index (Phi) is 8.36. The number of methoxy groups -OCH3 is 1. The minimum atomic E-state index is -3.24. The Balaban J connectivity index is 1.58. The highest BCUT2D eigenvalue weighted by atomic mass is 19.3. The van der Waals surface area contributed by atoms with Crippen LogP contribution in [0.1, 0.15) is 43.1 Å². The Bertz CT molecular complexity index is 1610. The van der Waals surface area contributed by atoms with Crippen LogP contribution in [0.2, 0.25) is 0 Å². The summed E-state index contributed by atoms with van der Waals surface area (Å²) in [5.74, 6) is -0.616. The minimum absolute atomic E-state index is 0.0533. The van der Waals surface area contributed by atoms with E-state index in [9.17, 15) is 23.1 Å². The Labute approximate surface area is 245 Å². The van der Waals surface area contributed by atoms with Gasteiger partial charge >= 0.3 is 6.61 Å². The second-order valence-electron chi connectivity index (χ2n) is 10.8. The molecule has 2 heterocycles. The van der Waals surface area contributed by atoms with Gasteiger partial charge in [0, 0.05) is 18.5 Å². The monoisotopic (exact) mass is 599 g/mol. The van der Waals surface area contributed by atoms with Gasteiger partial charge in [0.2, 0.25) is 0 Å². The van der Waals surface area contributed by atoms with Crippen molar-refractivity contribution in [1.29, 1.82) is 0 Å². The van der Waals surface area contributed by atoms with E-state index in [0.29, 0.717) is 34.9 Å². The summed E-state index contributed by atoms with van der Waals surface area (Å²) < 4.78 is 58.0. The molecule has 0 saturated heterocycles. The molecule has 3 atom stereocenters. The van der Waals surface area contributed by atoms with E-state index in [4.69, 9.17) is 19.2 Å². The topological polar surface area (TPSA) is 119 Å². The van der Waals surface area contributed by atoms with Crippen molar-refractivity contribution in [2.45, 2.75) is 64.3 Å². The van der Waals surface area contributed by atoms with Crippen molar-refractivity contribution in [2.24, 2.45) is 0 Å². The number of benzene rings is 2. The molecule has 3 N–H and O–H groups in total.